The molecule has 0 fully saturated rings. The number of ketones is 1. The largest absolute Gasteiger partial charge is 0.507 e. The average Bonchev–Trinajstić information content (AvgIpc) is 3.59. The molecular formula is C42H53N3O10. The molecule has 2 aromatic carbocycles. The summed E-state index contributed by atoms with van der Waals surface area (Å²) in [7, 11) is 3.30. The molecule has 296 valence electrons. The molecule has 13 nitrogen and oxygen atoms in total. The zero-order chi connectivity index (χ0) is 40.4. The second kappa shape index (κ2) is 14.7. The predicted molar refractivity (Wildman–Crippen MR) is 210 cm³/mol. The molecule has 2 aromatic rings. The van der Waals surface area contributed by atoms with E-state index in [0.29, 0.717) is 11.4 Å². The van der Waals surface area contributed by atoms with Crippen molar-refractivity contribution in [3.05, 3.63) is 71.2 Å². The third-order valence-electron chi connectivity index (χ3n) is 11.9. The van der Waals surface area contributed by atoms with Crippen LogP contribution in [0.2, 0.25) is 0 Å². The number of nitrogens with zero attached hydrogens (tertiary/aromatic N) is 2. The van der Waals surface area contributed by atoms with E-state index in [0.717, 1.165) is 5.57 Å². The lowest BCUT2D eigenvalue weighted by atomic mass is 9.78. The second-order valence-corrected chi connectivity index (χ2v) is 15.6. The normalized spacial score (nSPS) is 34.7. The number of benzene rings is 2. The van der Waals surface area contributed by atoms with E-state index in [1.54, 1.807) is 65.8 Å². The number of anilines is 3. The van der Waals surface area contributed by atoms with Crippen molar-refractivity contribution in [2.45, 2.75) is 91.8 Å². The van der Waals surface area contributed by atoms with Crippen LogP contribution in [0.15, 0.2) is 60.1 Å². The minimum absolute atomic E-state index is 0.0371. The first-order valence-electron chi connectivity index (χ1n) is 18.6. The molecule has 0 spiro atoms. The van der Waals surface area contributed by atoms with Crippen molar-refractivity contribution < 1.29 is 49.3 Å². The zero-order valence-electron chi connectivity index (χ0n) is 33.0. The van der Waals surface area contributed by atoms with Crippen LogP contribution in [0.3, 0.4) is 0 Å². The molecule has 1 amide bonds. The van der Waals surface area contributed by atoms with E-state index in [-0.39, 0.29) is 44.7 Å². The van der Waals surface area contributed by atoms with Gasteiger partial charge in [-0.15, -0.1) is 0 Å². The van der Waals surface area contributed by atoms with Gasteiger partial charge in [-0.25, -0.2) is 0 Å². The number of carbonyl (C=O) groups is 2. The van der Waals surface area contributed by atoms with Gasteiger partial charge < -0.3 is 54.9 Å². The lowest BCUT2D eigenvalue weighted by Crippen LogP contribution is -2.44. The van der Waals surface area contributed by atoms with Gasteiger partial charge in [0.05, 0.1) is 53.0 Å². The van der Waals surface area contributed by atoms with Crippen LogP contribution in [0, 0.1) is 30.6 Å². The van der Waals surface area contributed by atoms with Gasteiger partial charge in [0, 0.05) is 67.5 Å². The highest BCUT2D eigenvalue weighted by Crippen LogP contribution is 2.60. The third kappa shape index (κ3) is 6.46. The van der Waals surface area contributed by atoms with Gasteiger partial charge in [-0.1, -0.05) is 45.9 Å². The maximum Gasteiger partial charge on any atom is 0.312 e. The molecule has 0 saturated heterocycles. The molecule has 4 aliphatic rings. The number of methoxy groups -OCH3 is 1. The molecule has 0 aliphatic carbocycles. The Balaban J connectivity index is 1.56. The van der Waals surface area contributed by atoms with Gasteiger partial charge >= 0.3 is 5.79 Å². The summed E-state index contributed by atoms with van der Waals surface area (Å²) in [6.07, 6.45) is 9.26. The van der Waals surface area contributed by atoms with Crippen LogP contribution >= 0.6 is 0 Å². The number of hydrogen-bond donors (Lipinski definition) is 6. The van der Waals surface area contributed by atoms with E-state index in [9.17, 15) is 35.1 Å². The first-order chi connectivity index (χ1) is 25.9. The van der Waals surface area contributed by atoms with Crippen molar-refractivity contribution >= 4 is 39.5 Å². The summed E-state index contributed by atoms with van der Waals surface area (Å²) in [6.45, 7) is 13.6. The smallest absolute Gasteiger partial charge is 0.312 e. The van der Waals surface area contributed by atoms with E-state index in [4.69, 9.17) is 14.2 Å². The summed E-state index contributed by atoms with van der Waals surface area (Å²) in [5, 5.41) is 60.8. The van der Waals surface area contributed by atoms with Crippen LogP contribution in [-0.2, 0) is 14.3 Å². The van der Waals surface area contributed by atoms with Crippen molar-refractivity contribution in [2.75, 3.05) is 29.3 Å². The summed E-state index contributed by atoms with van der Waals surface area (Å²) in [5.74, 6) is -5.99. The van der Waals surface area contributed by atoms with E-state index in [1.807, 2.05) is 42.1 Å². The summed E-state index contributed by atoms with van der Waals surface area (Å²) >= 11 is 0. The van der Waals surface area contributed by atoms with Gasteiger partial charge in [-0.2, -0.15) is 0 Å². The molecule has 55 heavy (non-hydrogen) atoms. The van der Waals surface area contributed by atoms with Crippen molar-refractivity contribution in [1.29, 1.82) is 0 Å². The molecule has 4 heterocycles. The number of fused-ring (bicyclic) bond motifs is 2. The van der Waals surface area contributed by atoms with Crippen LogP contribution in [0.4, 0.5) is 17.1 Å². The third-order valence-corrected chi connectivity index (χ3v) is 11.9. The number of ether oxygens (including phenoxy) is 3. The molecular weight excluding hydrogens is 706 g/mol. The summed E-state index contributed by atoms with van der Waals surface area (Å²) < 4.78 is 18.0. The molecule has 4 aliphatic heterocycles. The number of Topliss-reactive ketones (excluding diaryl/α,β-unsaturated/α-hetero) is 1. The molecule has 6 N–H and O–H groups in total. The van der Waals surface area contributed by atoms with Crippen molar-refractivity contribution in [3.8, 4) is 17.2 Å². The van der Waals surface area contributed by atoms with Crippen molar-refractivity contribution in [1.82, 2.24) is 0 Å². The van der Waals surface area contributed by atoms with Crippen LogP contribution in [0.25, 0.3) is 10.8 Å². The number of nitrogens with one attached hydrogen (secondary N) is 1. The van der Waals surface area contributed by atoms with E-state index < -0.39 is 77.5 Å². The molecule has 13 heteroatoms. The molecule has 4 bridgehead atoms. The molecule has 0 saturated carbocycles. The van der Waals surface area contributed by atoms with Gasteiger partial charge in [0.2, 0.25) is 0 Å². The van der Waals surface area contributed by atoms with Gasteiger partial charge in [0.15, 0.2) is 5.75 Å². The predicted octanol–water partition coefficient (Wildman–Crippen LogP) is 5.53. The Labute approximate surface area is 321 Å². The number of aliphatic hydroxyl groups is 3. The van der Waals surface area contributed by atoms with E-state index >= 15 is 0 Å². The summed E-state index contributed by atoms with van der Waals surface area (Å²) in [5.41, 5.74) is 2.45. The number of aliphatic hydroxyl groups excluding tert-OH is 3. The number of likely N-dealkylation sites (N-methyl/N-ethyl adjacent to an activating group) is 1. The lowest BCUT2D eigenvalue weighted by Gasteiger charge is -2.36. The number of rotatable bonds is 1. The molecule has 0 radical (unpaired) electrons. The second-order valence-electron chi connectivity index (χ2n) is 15.6. The topological polar surface area (TPSA) is 181 Å². The Hall–Kier alpha value is -4.82. The maximum atomic E-state index is 14.6. The Morgan fingerprint density at radius 1 is 0.891 bits per heavy atom. The Kier molecular flexibility index (Phi) is 10.6. The average molecular weight is 760 g/mol. The standard InChI is InChI=1S/C42H53N3O10/c1-19-14-16-45-27(18-19)44(9)32-28-29-37(49)25(7)39-30(28)40(51)42(8,55-39)54-17-15-26(53-10)22(4)35(47)24(6)36(48)23(5)34(46)20(2)12-11-13-21(3)41(52)43-31(33(32)45)38(29)50/h11-18,20,22-24,26-27,34-36,46-50H,1-10H3,(H,43,52)/b12-11+,17-15+,21-13-/t20-,22+,23+,24-,26-,27?,34?,35?,36+,42-/m0/s1. The van der Waals surface area contributed by atoms with Gasteiger partial charge in [0.25, 0.3) is 11.7 Å². The number of hydrogen-bond acceptors (Lipinski definition) is 12. The molecule has 10 atom stereocenters. The Bertz CT molecular complexity index is 2070. The van der Waals surface area contributed by atoms with Gasteiger partial charge in [0.1, 0.15) is 23.4 Å². The van der Waals surface area contributed by atoms with Crippen LogP contribution in [0.5, 0.6) is 17.2 Å². The van der Waals surface area contributed by atoms with Gasteiger partial charge in [-0.05, 0) is 44.6 Å². The number of aromatic hydroxyl groups is 2. The van der Waals surface area contributed by atoms with Crippen LogP contribution in [0.1, 0.15) is 64.4 Å². The first-order valence-corrected chi connectivity index (χ1v) is 18.6. The molecule has 0 aromatic heterocycles. The minimum atomic E-state index is -1.91. The van der Waals surface area contributed by atoms with E-state index in [1.165, 1.54) is 20.3 Å². The summed E-state index contributed by atoms with van der Waals surface area (Å²) in [4.78, 5) is 32.2. The number of allylic oxidation sites excluding steroid dienone is 4. The van der Waals surface area contributed by atoms with Crippen LogP contribution in [-0.4, -0.2) is 87.7 Å². The number of phenols is 2. The number of carbonyl (C=O) groups excluding carboxylic acids is 2. The molecule has 3 unspecified atom stereocenters. The van der Waals surface area contributed by atoms with Crippen LogP contribution < -0.4 is 19.9 Å². The monoisotopic (exact) mass is 759 g/mol. The summed E-state index contributed by atoms with van der Waals surface area (Å²) in [6, 6.07) is 0. The highest BCUT2D eigenvalue weighted by Gasteiger charge is 2.51. The number of phenolic OH excluding ortho intramolecular Hbond substituents is 2. The van der Waals surface area contributed by atoms with Crippen molar-refractivity contribution in [2.24, 2.45) is 23.7 Å². The highest BCUT2D eigenvalue weighted by molar-refractivity contribution is 6.27. The molecule has 6 rings (SSSR count). The highest BCUT2D eigenvalue weighted by atomic mass is 16.7. The fourth-order valence-corrected chi connectivity index (χ4v) is 8.21. The van der Waals surface area contributed by atoms with Gasteiger partial charge in [-0.3, -0.25) is 9.59 Å². The Morgan fingerprint density at radius 3 is 2.22 bits per heavy atom. The fourth-order valence-electron chi connectivity index (χ4n) is 8.21. The maximum absolute atomic E-state index is 14.6. The van der Waals surface area contributed by atoms with E-state index in [2.05, 4.69) is 5.32 Å². The number of amides is 1. The first kappa shape index (κ1) is 39.9. The van der Waals surface area contributed by atoms with Crippen molar-refractivity contribution in [3.63, 3.8) is 0 Å². The Morgan fingerprint density at radius 2 is 1.55 bits per heavy atom. The zero-order valence-corrected chi connectivity index (χ0v) is 33.0. The SMILES string of the molecule is CO[C@H]1/C=C/O[C@@]2(C)Oc3c(C)c(O)c4c(O)c(c5c(c4c3C2=O)N(C)C2C=C(C)C=CN52)NC(=O)/C(C)=C\C=C\[C@H](C)C(O)[C@@H](C)[C@@H](O)[C@@H](C)C(O)[C@@H]1C. The fraction of sp³-hybridized carbons (Fsp3) is 0.476. The minimum Gasteiger partial charge on any atom is -0.507 e. The quantitative estimate of drug-likeness (QED) is 0.200. The lowest BCUT2D eigenvalue weighted by molar-refractivity contribution is -0.112.